The van der Waals surface area contributed by atoms with Gasteiger partial charge in [0.2, 0.25) is 11.8 Å². The highest BCUT2D eigenvalue weighted by Crippen LogP contribution is 2.10. The number of hydrogen-bond acceptors (Lipinski definition) is 5. The first kappa shape index (κ1) is 22.1. The zero-order valence-corrected chi connectivity index (χ0v) is 15.3. The van der Waals surface area contributed by atoms with Crippen molar-refractivity contribution in [3.05, 3.63) is 29.8 Å². The second-order valence-corrected chi connectivity index (χ2v) is 6.04. The van der Waals surface area contributed by atoms with E-state index in [1.165, 1.54) is 0 Å². The van der Waals surface area contributed by atoms with Crippen LogP contribution in [0.15, 0.2) is 24.3 Å². The van der Waals surface area contributed by atoms with Gasteiger partial charge >= 0.3 is 5.97 Å². The molecule has 9 nitrogen and oxygen atoms in total. The van der Waals surface area contributed by atoms with Gasteiger partial charge in [0.05, 0.1) is 6.42 Å². The van der Waals surface area contributed by atoms with Gasteiger partial charge in [0.1, 0.15) is 5.84 Å². The molecule has 1 atom stereocenters. The molecule has 0 spiro atoms. The number of nitrogen functional groups attached to an aromatic ring is 1. The summed E-state index contributed by atoms with van der Waals surface area (Å²) in [6, 6.07) is 5.97. The predicted molar refractivity (Wildman–Crippen MR) is 101 cm³/mol. The topological polar surface area (TPSA) is 155 Å². The van der Waals surface area contributed by atoms with Crippen LogP contribution in [0.4, 0.5) is 5.69 Å². The molecule has 1 aromatic rings. The first-order valence-electron chi connectivity index (χ1n) is 8.56. The van der Waals surface area contributed by atoms with Crippen molar-refractivity contribution < 1.29 is 24.2 Å². The van der Waals surface area contributed by atoms with E-state index in [2.05, 4.69) is 10.6 Å². The number of rotatable bonds is 12. The molecule has 0 heterocycles. The van der Waals surface area contributed by atoms with Crippen LogP contribution in [0.5, 0.6) is 0 Å². The number of nitrogens with one attached hydrogen (secondary N) is 3. The van der Waals surface area contributed by atoms with E-state index >= 15 is 0 Å². The number of carbonyl (C=O) groups excluding carboxylic acids is 2. The van der Waals surface area contributed by atoms with Gasteiger partial charge in [-0.2, -0.15) is 0 Å². The lowest BCUT2D eigenvalue weighted by Crippen LogP contribution is -2.37. The molecule has 0 bridgehead atoms. The van der Waals surface area contributed by atoms with Crippen molar-refractivity contribution in [2.24, 2.45) is 5.73 Å². The Labute approximate surface area is 157 Å². The molecule has 0 saturated carbocycles. The van der Waals surface area contributed by atoms with Crippen molar-refractivity contribution in [2.45, 2.75) is 38.1 Å². The van der Waals surface area contributed by atoms with Crippen molar-refractivity contribution in [3.8, 4) is 0 Å². The molecule has 6 N–H and O–H groups in total. The molecule has 0 aromatic heterocycles. The largest absolute Gasteiger partial charge is 0.481 e. The molecule has 0 fully saturated rings. The van der Waals surface area contributed by atoms with Crippen LogP contribution < -0.4 is 16.4 Å². The standard InChI is InChI=1S/C18H26N4O5/c1-27-10-2-3-14(11-17(25)26)22-16(24)9-8-15(23)21-13-6-4-12(5-7-13)18(19)20/h4-7,14H,2-3,8-11H2,1H3,(H3,19,20)(H,21,23)(H,22,24)(H,25,26). The summed E-state index contributed by atoms with van der Waals surface area (Å²) in [5.41, 5.74) is 6.44. The number of carbonyl (C=O) groups is 3. The molecule has 0 radical (unpaired) electrons. The van der Waals surface area contributed by atoms with Gasteiger partial charge in [-0.05, 0) is 37.1 Å². The Morgan fingerprint density at radius 3 is 2.37 bits per heavy atom. The summed E-state index contributed by atoms with van der Waals surface area (Å²) in [6.07, 6.45) is 0.867. The maximum Gasteiger partial charge on any atom is 0.305 e. The number of anilines is 1. The van der Waals surface area contributed by atoms with E-state index in [1.54, 1.807) is 31.4 Å². The minimum atomic E-state index is -0.996. The van der Waals surface area contributed by atoms with E-state index in [0.717, 1.165) is 0 Å². The summed E-state index contributed by atoms with van der Waals surface area (Å²) in [5, 5.41) is 21.5. The fourth-order valence-electron chi connectivity index (χ4n) is 2.39. The van der Waals surface area contributed by atoms with E-state index in [1.807, 2.05) is 0 Å². The molecule has 0 saturated heterocycles. The lowest BCUT2D eigenvalue weighted by Gasteiger charge is -2.16. The molecule has 2 amide bonds. The number of methoxy groups -OCH3 is 1. The second kappa shape index (κ2) is 11.6. The molecule has 1 unspecified atom stereocenters. The van der Waals surface area contributed by atoms with Gasteiger partial charge in [0.25, 0.3) is 0 Å². The molecule has 1 aromatic carbocycles. The van der Waals surface area contributed by atoms with Crippen molar-refractivity contribution in [2.75, 3.05) is 19.0 Å². The summed E-state index contributed by atoms with van der Waals surface area (Å²) >= 11 is 0. The lowest BCUT2D eigenvalue weighted by molar-refractivity contribution is -0.138. The average Bonchev–Trinajstić information content (AvgIpc) is 2.60. The molecule has 0 aliphatic rings. The van der Waals surface area contributed by atoms with Crippen molar-refractivity contribution >= 4 is 29.3 Å². The Morgan fingerprint density at radius 1 is 1.19 bits per heavy atom. The molecular weight excluding hydrogens is 352 g/mol. The number of amides is 2. The van der Waals surface area contributed by atoms with Crippen LogP contribution in [0.2, 0.25) is 0 Å². The van der Waals surface area contributed by atoms with E-state index in [0.29, 0.717) is 30.7 Å². The van der Waals surface area contributed by atoms with Gasteiger partial charge < -0.3 is 26.2 Å². The summed E-state index contributed by atoms with van der Waals surface area (Å²) in [7, 11) is 1.55. The quantitative estimate of drug-likeness (QED) is 0.208. The number of benzene rings is 1. The van der Waals surface area contributed by atoms with Gasteiger partial charge in [-0.3, -0.25) is 19.8 Å². The monoisotopic (exact) mass is 378 g/mol. The molecular formula is C18H26N4O5. The summed E-state index contributed by atoms with van der Waals surface area (Å²) in [6.45, 7) is 0.483. The van der Waals surface area contributed by atoms with Crippen LogP contribution in [-0.2, 0) is 19.1 Å². The Kier molecular flexibility index (Phi) is 9.52. The van der Waals surface area contributed by atoms with Crippen LogP contribution >= 0.6 is 0 Å². The fraction of sp³-hybridized carbons (Fsp3) is 0.444. The van der Waals surface area contributed by atoms with Gasteiger partial charge in [0, 0.05) is 43.9 Å². The zero-order valence-electron chi connectivity index (χ0n) is 15.3. The molecule has 148 valence electrons. The molecule has 27 heavy (non-hydrogen) atoms. The molecule has 0 aliphatic heterocycles. The fourth-order valence-corrected chi connectivity index (χ4v) is 2.39. The maximum atomic E-state index is 12.0. The summed E-state index contributed by atoms with van der Waals surface area (Å²) in [5.74, 6) is -1.77. The molecule has 9 heteroatoms. The van der Waals surface area contributed by atoms with Gasteiger partial charge in [-0.25, -0.2) is 0 Å². The number of aliphatic carboxylic acids is 1. The van der Waals surface area contributed by atoms with Crippen LogP contribution in [-0.4, -0.2) is 48.5 Å². The Balaban J connectivity index is 2.42. The number of hydrogen-bond donors (Lipinski definition) is 5. The van der Waals surface area contributed by atoms with Gasteiger partial charge in [-0.15, -0.1) is 0 Å². The van der Waals surface area contributed by atoms with Crippen LogP contribution in [0.3, 0.4) is 0 Å². The van der Waals surface area contributed by atoms with Gasteiger partial charge in [-0.1, -0.05) is 0 Å². The van der Waals surface area contributed by atoms with E-state index < -0.39 is 12.0 Å². The number of amidine groups is 1. The SMILES string of the molecule is COCCCC(CC(=O)O)NC(=O)CCC(=O)Nc1ccc(C(=N)N)cc1. The van der Waals surface area contributed by atoms with E-state index in [-0.39, 0.29) is 36.9 Å². The summed E-state index contributed by atoms with van der Waals surface area (Å²) in [4.78, 5) is 34.8. The third-order valence-corrected chi connectivity index (χ3v) is 3.75. The smallest absolute Gasteiger partial charge is 0.305 e. The van der Waals surface area contributed by atoms with Gasteiger partial charge in [0.15, 0.2) is 0 Å². The Hall–Kier alpha value is -2.94. The minimum Gasteiger partial charge on any atom is -0.481 e. The van der Waals surface area contributed by atoms with Crippen LogP contribution in [0.1, 0.15) is 37.7 Å². The van der Waals surface area contributed by atoms with Crippen molar-refractivity contribution in [1.29, 1.82) is 5.41 Å². The number of carboxylic acid groups (broad SMARTS) is 1. The van der Waals surface area contributed by atoms with Crippen LogP contribution in [0.25, 0.3) is 0 Å². The second-order valence-electron chi connectivity index (χ2n) is 6.04. The third-order valence-electron chi connectivity index (χ3n) is 3.75. The van der Waals surface area contributed by atoms with Crippen LogP contribution in [0, 0.1) is 5.41 Å². The lowest BCUT2D eigenvalue weighted by atomic mass is 10.1. The number of nitrogens with two attached hydrogens (primary N) is 1. The summed E-state index contributed by atoms with van der Waals surface area (Å²) < 4.78 is 4.93. The van der Waals surface area contributed by atoms with E-state index in [4.69, 9.17) is 21.0 Å². The highest BCUT2D eigenvalue weighted by atomic mass is 16.5. The zero-order chi connectivity index (χ0) is 20.2. The predicted octanol–water partition coefficient (Wildman–Crippen LogP) is 1.08. The van der Waals surface area contributed by atoms with E-state index in [9.17, 15) is 14.4 Å². The van der Waals surface area contributed by atoms with Crippen molar-refractivity contribution in [3.63, 3.8) is 0 Å². The highest BCUT2D eigenvalue weighted by Gasteiger charge is 2.16. The first-order valence-corrected chi connectivity index (χ1v) is 8.56. The average molecular weight is 378 g/mol. The molecule has 0 aliphatic carbocycles. The first-order chi connectivity index (χ1) is 12.8. The number of carboxylic acids is 1. The third kappa shape index (κ3) is 9.36. The Morgan fingerprint density at radius 2 is 1.81 bits per heavy atom. The highest BCUT2D eigenvalue weighted by molar-refractivity contribution is 5.96. The maximum absolute atomic E-state index is 12.0. The normalized spacial score (nSPS) is 11.4. The Bertz CT molecular complexity index is 660. The minimum absolute atomic E-state index is 0.0296. The van der Waals surface area contributed by atoms with Crippen molar-refractivity contribution in [1.82, 2.24) is 5.32 Å². The molecule has 1 rings (SSSR count). The number of ether oxygens (including phenoxy) is 1.